The predicted octanol–water partition coefficient (Wildman–Crippen LogP) is 3.59. The van der Waals surface area contributed by atoms with Gasteiger partial charge in [-0.25, -0.2) is 9.59 Å². The number of thioether (sulfide) groups is 1. The van der Waals surface area contributed by atoms with Gasteiger partial charge in [-0.1, -0.05) is 6.92 Å². The van der Waals surface area contributed by atoms with E-state index in [0.29, 0.717) is 5.69 Å². The standard InChI is InChI=1S/C14H19IN2O3S/c1-4-10(8-21-3)17(2)14(20)16-12-6-5-9(15)7-11(12)13(18)19/h5-7,10H,4,8H2,1-3H3,(H,16,20)(H,18,19). The maximum atomic E-state index is 12.3. The van der Waals surface area contributed by atoms with Crippen molar-refractivity contribution < 1.29 is 14.7 Å². The van der Waals surface area contributed by atoms with Crippen LogP contribution in [0.15, 0.2) is 18.2 Å². The molecule has 0 radical (unpaired) electrons. The van der Waals surface area contributed by atoms with Crippen LogP contribution in [0.3, 0.4) is 0 Å². The van der Waals surface area contributed by atoms with Crippen molar-refractivity contribution in [1.82, 2.24) is 4.90 Å². The molecule has 1 atom stereocenters. The van der Waals surface area contributed by atoms with Crippen LogP contribution in [0.1, 0.15) is 23.7 Å². The number of rotatable bonds is 6. The second-order valence-electron chi connectivity index (χ2n) is 4.55. The van der Waals surface area contributed by atoms with E-state index in [0.717, 1.165) is 15.7 Å². The zero-order chi connectivity index (χ0) is 16.0. The van der Waals surface area contributed by atoms with Gasteiger partial charge in [0.1, 0.15) is 0 Å². The summed E-state index contributed by atoms with van der Waals surface area (Å²) in [7, 11) is 1.73. The summed E-state index contributed by atoms with van der Waals surface area (Å²) < 4.78 is 0.810. The fourth-order valence-corrected chi connectivity index (χ4v) is 3.20. The van der Waals surface area contributed by atoms with Gasteiger partial charge in [-0.15, -0.1) is 0 Å². The highest BCUT2D eigenvalue weighted by atomic mass is 127. The summed E-state index contributed by atoms with van der Waals surface area (Å²) in [6.07, 6.45) is 2.85. The molecular formula is C14H19IN2O3S. The second-order valence-corrected chi connectivity index (χ2v) is 6.71. The van der Waals surface area contributed by atoms with Gasteiger partial charge in [-0.2, -0.15) is 11.8 Å². The van der Waals surface area contributed by atoms with Crippen LogP contribution >= 0.6 is 34.4 Å². The summed E-state index contributed by atoms with van der Waals surface area (Å²) in [6, 6.07) is 4.75. The van der Waals surface area contributed by atoms with Crippen LogP contribution in [0, 0.1) is 3.57 Å². The Morgan fingerprint density at radius 3 is 2.67 bits per heavy atom. The van der Waals surface area contributed by atoms with Crippen LogP contribution in [-0.4, -0.2) is 47.1 Å². The molecule has 1 aromatic carbocycles. The maximum absolute atomic E-state index is 12.3. The van der Waals surface area contributed by atoms with E-state index in [1.807, 2.05) is 35.8 Å². The summed E-state index contributed by atoms with van der Waals surface area (Å²) in [5, 5.41) is 11.9. The third-order valence-electron chi connectivity index (χ3n) is 3.15. The van der Waals surface area contributed by atoms with Crippen LogP contribution in [0.25, 0.3) is 0 Å². The lowest BCUT2D eigenvalue weighted by molar-refractivity contribution is 0.0698. The molecule has 0 aliphatic heterocycles. The van der Waals surface area contributed by atoms with E-state index >= 15 is 0 Å². The minimum Gasteiger partial charge on any atom is -0.478 e. The Labute approximate surface area is 142 Å². The van der Waals surface area contributed by atoms with E-state index in [1.165, 1.54) is 6.07 Å². The lowest BCUT2D eigenvalue weighted by atomic mass is 10.2. The molecule has 0 aliphatic carbocycles. The summed E-state index contributed by atoms with van der Waals surface area (Å²) in [5.41, 5.74) is 0.417. The molecule has 21 heavy (non-hydrogen) atoms. The largest absolute Gasteiger partial charge is 0.478 e. The summed E-state index contributed by atoms with van der Waals surface area (Å²) >= 11 is 3.72. The molecule has 0 saturated carbocycles. The van der Waals surface area contributed by atoms with Crippen molar-refractivity contribution in [3.05, 3.63) is 27.3 Å². The lowest BCUT2D eigenvalue weighted by Crippen LogP contribution is -2.41. The SMILES string of the molecule is CCC(CSC)N(C)C(=O)Nc1ccc(I)cc1C(=O)O. The molecular weight excluding hydrogens is 403 g/mol. The normalized spacial score (nSPS) is 11.8. The van der Waals surface area contributed by atoms with Crippen LogP contribution in [0.5, 0.6) is 0 Å². The topological polar surface area (TPSA) is 69.6 Å². The molecule has 2 amide bonds. The average Bonchev–Trinajstić information content (AvgIpc) is 2.45. The quantitative estimate of drug-likeness (QED) is 0.688. The fourth-order valence-electron chi connectivity index (χ4n) is 1.87. The lowest BCUT2D eigenvalue weighted by Gasteiger charge is -2.27. The number of hydrogen-bond donors (Lipinski definition) is 2. The summed E-state index contributed by atoms with van der Waals surface area (Å²) in [6.45, 7) is 2.03. The fraction of sp³-hybridized carbons (Fsp3) is 0.429. The zero-order valence-corrected chi connectivity index (χ0v) is 15.2. The van der Waals surface area contributed by atoms with Crippen molar-refractivity contribution in [3.63, 3.8) is 0 Å². The van der Waals surface area contributed by atoms with Crippen LogP contribution in [0.4, 0.5) is 10.5 Å². The Hall–Kier alpha value is -0.960. The van der Waals surface area contributed by atoms with Crippen molar-refractivity contribution in [1.29, 1.82) is 0 Å². The number of nitrogens with one attached hydrogen (secondary N) is 1. The molecule has 0 aliphatic rings. The first-order valence-corrected chi connectivity index (χ1v) is 8.93. The first-order chi connectivity index (χ1) is 9.90. The molecule has 116 valence electrons. The summed E-state index contributed by atoms with van der Waals surface area (Å²) in [4.78, 5) is 25.1. The monoisotopic (exact) mass is 422 g/mol. The number of nitrogens with zero attached hydrogens (tertiary/aromatic N) is 1. The van der Waals surface area contributed by atoms with E-state index in [1.54, 1.807) is 35.8 Å². The van der Waals surface area contributed by atoms with E-state index in [2.05, 4.69) is 5.32 Å². The zero-order valence-electron chi connectivity index (χ0n) is 12.2. The van der Waals surface area contributed by atoms with Crippen LogP contribution < -0.4 is 5.32 Å². The molecule has 7 heteroatoms. The highest BCUT2D eigenvalue weighted by Crippen LogP contribution is 2.20. The van der Waals surface area contributed by atoms with E-state index < -0.39 is 5.97 Å². The minimum absolute atomic E-state index is 0.0987. The van der Waals surface area contributed by atoms with Gasteiger partial charge in [0.25, 0.3) is 0 Å². The van der Waals surface area contributed by atoms with Gasteiger partial charge in [0.05, 0.1) is 11.3 Å². The first kappa shape index (κ1) is 18.1. The van der Waals surface area contributed by atoms with Gasteiger partial charge in [0.15, 0.2) is 0 Å². The van der Waals surface area contributed by atoms with Crippen molar-refractivity contribution in [3.8, 4) is 0 Å². The van der Waals surface area contributed by atoms with E-state index in [4.69, 9.17) is 0 Å². The Morgan fingerprint density at radius 1 is 1.48 bits per heavy atom. The molecule has 0 spiro atoms. The van der Waals surface area contributed by atoms with Crippen molar-refractivity contribution in [2.75, 3.05) is 24.4 Å². The highest BCUT2D eigenvalue weighted by molar-refractivity contribution is 14.1. The number of anilines is 1. The number of hydrogen-bond acceptors (Lipinski definition) is 3. The number of amides is 2. The van der Waals surface area contributed by atoms with Crippen LogP contribution in [0.2, 0.25) is 0 Å². The van der Waals surface area contributed by atoms with Crippen molar-refractivity contribution >= 4 is 52.0 Å². The molecule has 0 aromatic heterocycles. The predicted molar refractivity (Wildman–Crippen MR) is 95.4 cm³/mol. The molecule has 0 bridgehead atoms. The number of carbonyl (C=O) groups excluding carboxylic acids is 1. The number of carboxylic acids is 1. The second kappa shape index (κ2) is 8.47. The Morgan fingerprint density at radius 2 is 2.14 bits per heavy atom. The molecule has 5 nitrogen and oxygen atoms in total. The molecule has 0 fully saturated rings. The van der Waals surface area contributed by atoms with Gasteiger partial charge in [-0.05, 0) is 53.5 Å². The Bertz CT molecular complexity index is 525. The highest BCUT2D eigenvalue weighted by Gasteiger charge is 2.20. The number of aromatic carboxylic acids is 1. The molecule has 0 saturated heterocycles. The average molecular weight is 422 g/mol. The molecule has 1 aromatic rings. The number of benzene rings is 1. The van der Waals surface area contributed by atoms with Gasteiger partial charge in [-0.3, -0.25) is 0 Å². The third kappa shape index (κ3) is 5.06. The van der Waals surface area contributed by atoms with Gasteiger partial charge in [0, 0.05) is 22.4 Å². The smallest absolute Gasteiger partial charge is 0.337 e. The molecule has 2 N–H and O–H groups in total. The minimum atomic E-state index is -1.05. The number of urea groups is 1. The maximum Gasteiger partial charge on any atom is 0.337 e. The van der Waals surface area contributed by atoms with Gasteiger partial charge >= 0.3 is 12.0 Å². The van der Waals surface area contributed by atoms with Crippen molar-refractivity contribution in [2.45, 2.75) is 19.4 Å². The van der Waals surface area contributed by atoms with Gasteiger partial charge in [0.2, 0.25) is 0 Å². The Kier molecular flexibility index (Phi) is 7.30. The Balaban J connectivity index is 2.90. The third-order valence-corrected chi connectivity index (χ3v) is 4.54. The number of halogens is 1. The van der Waals surface area contributed by atoms with E-state index in [-0.39, 0.29) is 17.6 Å². The van der Waals surface area contributed by atoms with Crippen molar-refractivity contribution in [2.24, 2.45) is 0 Å². The van der Waals surface area contributed by atoms with E-state index in [9.17, 15) is 14.7 Å². The number of carbonyl (C=O) groups is 2. The number of carboxylic acid groups (broad SMARTS) is 1. The molecule has 0 heterocycles. The first-order valence-electron chi connectivity index (χ1n) is 6.46. The molecule has 1 unspecified atom stereocenters. The summed E-state index contributed by atoms with van der Waals surface area (Å²) in [5.74, 6) is -0.207. The van der Waals surface area contributed by atoms with Gasteiger partial charge < -0.3 is 15.3 Å². The molecule has 1 rings (SSSR count). The van der Waals surface area contributed by atoms with Crippen LogP contribution in [-0.2, 0) is 0 Å².